The number of hydrogen-bond acceptors (Lipinski definition) is 3. The van der Waals surface area contributed by atoms with E-state index in [4.69, 9.17) is 21.1 Å². The molecule has 0 radical (unpaired) electrons. The molecule has 0 heterocycles. The number of aryl methyl sites for hydroxylation is 2. The Morgan fingerprint density at radius 1 is 1.05 bits per heavy atom. The molecule has 0 saturated heterocycles. The third-order valence-electron chi connectivity index (χ3n) is 2.74. The molecular weight excluding hydrogens is 276 g/mol. The van der Waals surface area contributed by atoms with Crippen LogP contribution >= 0.6 is 11.6 Å². The Morgan fingerprint density at radius 3 is 2.35 bits per heavy atom. The highest BCUT2D eigenvalue weighted by Gasteiger charge is 2.07. The van der Waals surface area contributed by atoms with Gasteiger partial charge < -0.3 is 9.47 Å². The average molecular weight is 291 g/mol. The van der Waals surface area contributed by atoms with E-state index in [-0.39, 0.29) is 6.61 Å². The van der Waals surface area contributed by atoms with Gasteiger partial charge in [-0.05, 0) is 49.7 Å². The van der Waals surface area contributed by atoms with Crippen molar-refractivity contribution >= 4 is 17.6 Å². The number of rotatable bonds is 4. The lowest BCUT2D eigenvalue weighted by Crippen LogP contribution is -2.17. The maximum Gasteiger partial charge on any atom is 0.349 e. The normalized spacial score (nSPS) is 10.2. The minimum absolute atomic E-state index is 0.134. The van der Waals surface area contributed by atoms with Crippen LogP contribution in [0.2, 0.25) is 5.02 Å². The predicted molar refractivity (Wildman–Crippen MR) is 78.5 cm³/mol. The molecule has 2 aromatic carbocycles. The second kappa shape index (κ2) is 6.44. The molecule has 4 heteroatoms. The lowest BCUT2D eigenvalue weighted by molar-refractivity contribution is -0.136. The van der Waals surface area contributed by atoms with Crippen molar-refractivity contribution in [2.24, 2.45) is 0 Å². The average Bonchev–Trinajstić information content (AvgIpc) is 2.42. The van der Waals surface area contributed by atoms with Crippen molar-refractivity contribution in [3.8, 4) is 11.5 Å². The van der Waals surface area contributed by atoms with Crippen LogP contribution in [0.25, 0.3) is 0 Å². The van der Waals surface area contributed by atoms with Gasteiger partial charge >= 0.3 is 5.97 Å². The molecule has 0 unspecified atom stereocenters. The van der Waals surface area contributed by atoms with Gasteiger partial charge in [-0.1, -0.05) is 29.3 Å². The first-order valence-corrected chi connectivity index (χ1v) is 6.59. The molecule has 0 aliphatic heterocycles. The van der Waals surface area contributed by atoms with Crippen molar-refractivity contribution in [2.75, 3.05) is 6.61 Å². The minimum Gasteiger partial charge on any atom is -0.482 e. The highest BCUT2D eigenvalue weighted by molar-refractivity contribution is 6.31. The summed E-state index contributed by atoms with van der Waals surface area (Å²) in [5, 5.41) is 0.640. The maximum absolute atomic E-state index is 11.7. The Bertz CT molecular complexity index is 606. The first kappa shape index (κ1) is 14.4. The largest absolute Gasteiger partial charge is 0.482 e. The van der Waals surface area contributed by atoms with Gasteiger partial charge in [0.1, 0.15) is 11.5 Å². The van der Waals surface area contributed by atoms with E-state index in [1.165, 1.54) is 0 Å². The topological polar surface area (TPSA) is 35.5 Å². The quantitative estimate of drug-likeness (QED) is 0.632. The summed E-state index contributed by atoms with van der Waals surface area (Å²) in [7, 11) is 0. The second-order valence-corrected chi connectivity index (χ2v) is 4.89. The zero-order valence-corrected chi connectivity index (χ0v) is 12.1. The van der Waals surface area contributed by atoms with Gasteiger partial charge in [-0.15, -0.1) is 0 Å². The minimum atomic E-state index is -0.452. The molecule has 0 atom stereocenters. The molecular formula is C16H15ClO3. The molecule has 0 aliphatic carbocycles. The Morgan fingerprint density at radius 2 is 1.70 bits per heavy atom. The first-order valence-electron chi connectivity index (χ1n) is 6.21. The third-order valence-corrected chi connectivity index (χ3v) is 3.16. The summed E-state index contributed by atoms with van der Waals surface area (Å²) in [6.45, 7) is 3.70. The van der Waals surface area contributed by atoms with Crippen LogP contribution in [0.4, 0.5) is 0 Å². The van der Waals surface area contributed by atoms with Crippen molar-refractivity contribution in [1.29, 1.82) is 0 Å². The molecule has 0 aromatic heterocycles. The van der Waals surface area contributed by atoms with Crippen LogP contribution in [0.3, 0.4) is 0 Å². The van der Waals surface area contributed by atoms with Crippen molar-refractivity contribution < 1.29 is 14.3 Å². The molecule has 20 heavy (non-hydrogen) atoms. The summed E-state index contributed by atoms with van der Waals surface area (Å²) < 4.78 is 10.5. The number of carbonyl (C=O) groups is 1. The van der Waals surface area contributed by atoms with E-state index in [9.17, 15) is 4.79 Å². The summed E-state index contributed by atoms with van der Waals surface area (Å²) in [5.74, 6) is 0.650. The summed E-state index contributed by atoms with van der Waals surface area (Å²) in [5.41, 5.74) is 1.99. The van der Waals surface area contributed by atoms with Crippen LogP contribution in [-0.4, -0.2) is 12.6 Å². The number of ether oxygens (including phenoxy) is 2. The monoisotopic (exact) mass is 290 g/mol. The highest BCUT2D eigenvalue weighted by Crippen LogP contribution is 2.21. The lowest BCUT2D eigenvalue weighted by atomic mass is 10.2. The number of esters is 1. The Labute approximate surface area is 123 Å². The van der Waals surface area contributed by atoms with Gasteiger partial charge in [-0.3, -0.25) is 0 Å². The van der Waals surface area contributed by atoms with E-state index in [1.54, 1.807) is 18.2 Å². The van der Waals surface area contributed by atoms with Gasteiger partial charge in [0.2, 0.25) is 0 Å². The van der Waals surface area contributed by atoms with E-state index in [0.29, 0.717) is 16.5 Å². The summed E-state index contributed by atoms with van der Waals surface area (Å²) in [4.78, 5) is 11.7. The Balaban J connectivity index is 1.89. The second-order valence-electron chi connectivity index (χ2n) is 4.49. The van der Waals surface area contributed by atoms with Crippen LogP contribution in [0, 0.1) is 13.8 Å². The molecule has 0 bridgehead atoms. The third kappa shape index (κ3) is 4.00. The van der Waals surface area contributed by atoms with Gasteiger partial charge in [0.15, 0.2) is 6.61 Å². The zero-order valence-electron chi connectivity index (χ0n) is 11.4. The molecule has 0 saturated carbocycles. The summed E-state index contributed by atoms with van der Waals surface area (Å²) in [6.07, 6.45) is 0. The Hall–Kier alpha value is -2.00. The number of benzene rings is 2. The van der Waals surface area contributed by atoms with Gasteiger partial charge in [0, 0.05) is 5.02 Å². The van der Waals surface area contributed by atoms with Crippen molar-refractivity contribution in [3.63, 3.8) is 0 Å². The molecule has 2 rings (SSSR count). The van der Waals surface area contributed by atoms with Crippen LogP contribution < -0.4 is 9.47 Å². The van der Waals surface area contributed by atoms with Crippen LogP contribution in [0.5, 0.6) is 11.5 Å². The molecule has 0 spiro atoms. The SMILES string of the molecule is Cc1ccc(OCC(=O)Oc2ccc(Cl)c(C)c2)cc1. The molecule has 0 N–H and O–H groups in total. The number of halogens is 1. The summed E-state index contributed by atoms with van der Waals surface area (Å²) in [6, 6.07) is 12.5. The zero-order chi connectivity index (χ0) is 14.5. The predicted octanol–water partition coefficient (Wildman–Crippen LogP) is 3.94. The van der Waals surface area contributed by atoms with Crippen LogP contribution in [0.1, 0.15) is 11.1 Å². The fraction of sp³-hybridized carbons (Fsp3) is 0.188. The van der Waals surface area contributed by atoms with Gasteiger partial charge in [-0.2, -0.15) is 0 Å². The van der Waals surface area contributed by atoms with Crippen molar-refractivity contribution in [1.82, 2.24) is 0 Å². The van der Waals surface area contributed by atoms with Crippen LogP contribution in [0.15, 0.2) is 42.5 Å². The van der Waals surface area contributed by atoms with E-state index in [0.717, 1.165) is 11.1 Å². The molecule has 2 aromatic rings. The lowest BCUT2D eigenvalue weighted by Gasteiger charge is -2.08. The van der Waals surface area contributed by atoms with E-state index in [1.807, 2.05) is 38.1 Å². The molecule has 0 fully saturated rings. The van der Waals surface area contributed by atoms with Crippen LogP contribution in [-0.2, 0) is 4.79 Å². The molecule has 104 valence electrons. The van der Waals surface area contributed by atoms with Gasteiger partial charge in [0.25, 0.3) is 0 Å². The molecule has 0 aliphatic rings. The van der Waals surface area contributed by atoms with Gasteiger partial charge in [0.05, 0.1) is 0 Å². The smallest absolute Gasteiger partial charge is 0.349 e. The standard InChI is InChI=1S/C16H15ClO3/c1-11-3-5-13(6-4-11)19-10-16(18)20-14-7-8-15(17)12(2)9-14/h3-9H,10H2,1-2H3. The van der Waals surface area contributed by atoms with E-state index >= 15 is 0 Å². The fourth-order valence-corrected chi connectivity index (χ4v) is 1.74. The van der Waals surface area contributed by atoms with E-state index in [2.05, 4.69) is 0 Å². The first-order chi connectivity index (χ1) is 9.54. The molecule has 0 amide bonds. The van der Waals surface area contributed by atoms with Crippen molar-refractivity contribution in [3.05, 3.63) is 58.6 Å². The fourth-order valence-electron chi connectivity index (χ4n) is 1.62. The Kier molecular flexibility index (Phi) is 4.64. The number of hydrogen-bond donors (Lipinski definition) is 0. The van der Waals surface area contributed by atoms with Crippen molar-refractivity contribution in [2.45, 2.75) is 13.8 Å². The maximum atomic E-state index is 11.7. The highest BCUT2D eigenvalue weighted by atomic mass is 35.5. The number of carbonyl (C=O) groups excluding carboxylic acids is 1. The summed E-state index contributed by atoms with van der Waals surface area (Å²) >= 11 is 5.91. The van der Waals surface area contributed by atoms with E-state index < -0.39 is 5.97 Å². The molecule has 3 nitrogen and oxygen atoms in total. The van der Waals surface area contributed by atoms with Gasteiger partial charge in [-0.25, -0.2) is 4.79 Å².